The van der Waals surface area contributed by atoms with Crippen LogP contribution in [0.2, 0.25) is 0 Å². The zero-order valence-corrected chi connectivity index (χ0v) is 14.3. The molecule has 1 aromatic rings. The highest BCUT2D eigenvalue weighted by molar-refractivity contribution is 7.89. The Morgan fingerprint density at radius 1 is 1.26 bits per heavy atom. The second-order valence-corrected chi connectivity index (χ2v) is 7.70. The molecule has 7 heteroatoms. The molecule has 0 spiro atoms. The van der Waals surface area contributed by atoms with Crippen LogP contribution in [0, 0.1) is 5.92 Å². The number of aryl methyl sites for hydroxylation is 1. The number of hydrogen-bond donors (Lipinski definition) is 2. The third kappa shape index (κ3) is 5.51. The second-order valence-electron chi connectivity index (χ2n) is 6.04. The monoisotopic (exact) mass is 339 g/mol. The molecule has 0 saturated carbocycles. The molecule has 6 nitrogen and oxygen atoms in total. The molecule has 0 radical (unpaired) electrons. The number of likely N-dealkylation sites (tertiary alicyclic amines) is 1. The zero-order chi connectivity index (χ0) is 16.9. The van der Waals surface area contributed by atoms with Crippen molar-refractivity contribution in [3.63, 3.8) is 0 Å². The number of hydrogen-bond acceptors (Lipinski definition) is 3. The highest BCUT2D eigenvalue weighted by Crippen LogP contribution is 2.18. The number of rotatable bonds is 5. The molecule has 1 aliphatic rings. The fraction of sp³-hybridized carbons (Fsp3) is 0.562. The van der Waals surface area contributed by atoms with Gasteiger partial charge in [0.05, 0.1) is 5.75 Å². The van der Waals surface area contributed by atoms with Crippen molar-refractivity contribution in [3.05, 3.63) is 35.4 Å². The summed E-state index contributed by atoms with van der Waals surface area (Å²) in [5.41, 5.74) is 2.37. The molecule has 1 saturated heterocycles. The van der Waals surface area contributed by atoms with Gasteiger partial charge in [0.2, 0.25) is 10.0 Å². The Hall–Kier alpha value is -1.60. The molecular weight excluding hydrogens is 314 g/mol. The summed E-state index contributed by atoms with van der Waals surface area (Å²) < 4.78 is 22.2. The fourth-order valence-electron chi connectivity index (χ4n) is 2.99. The molecule has 0 bridgehead atoms. The first-order valence-electron chi connectivity index (χ1n) is 7.99. The molecule has 0 aromatic heterocycles. The lowest BCUT2D eigenvalue weighted by atomic mass is 9.99. The SMILES string of the molecule is CCc1ccccc1CNC(=O)N1CCC(CS(N)(=O)=O)CC1. The van der Waals surface area contributed by atoms with Gasteiger partial charge in [-0.15, -0.1) is 0 Å². The molecule has 1 aromatic carbocycles. The van der Waals surface area contributed by atoms with Gasteiger partial charge in [-0.05, 0) is 36.3 Å². The molecule has 0 atom stereocenters. The van der Waals surface area contributed by atoms with E-state index in [1.165, 1.54) is 5.56 Å². The highest BCUT2D eigenvalue weighted by Gasteiger charge is 2.25. The van der Waals surface area contributed by atoms with Crippen LogP contribution < -0.4 is 10.5 Å². The summed E-state index contributed by atoms with van der Waals surface area (Å²) in [6.07, 6.45) is 2.29. The van der Waals surface area contributed by atoms with Crippen LogP contribution in [0.5, 0.6) is 0 Å². The van der Waals surface area contributed by atoms with Gasteiger partial charge in [-0.3, -0.25) is 0 Å². The molecule has 2 rings (SSSR count). The molecule has 1 fully saturated rings. The van der Waals surface area contributed by atoms with E-state index in [0.717, 1.165) is 12.0 Å². The van der Waals surface area contributed by atoms with Gasteiger partial charge in [0.25, 0.3) is 0 Å². The minimum atomic E-state index is -3.43. The molecule has 128 valence electrons. The second kappa shape index (κ2) is 7.79. The Bertz CT molecular complexity index is 638. The average molecular weight is 339 g/mol. The molecular formula is C16H25N3O3S. The van der Waals surface area contributed by atoms with Gasteiger partial charge in [0, 0.05) is 19.6 Å². The van der Waals surface area contributed by atoms with Crippen molar-refractivity contribution < 1.29 is 13.2 Å². The van der Waals surface area contributed by atoms with Crippen LogP contribution in [0.15, 0.2) is 24.3 Å². The first-order chi connectivity index (χ1) is 10.9. The molecule has 0 aliphatic carbocycles. The van der Waals surface area contributed by atoms with Gasteiger partial charge in [0.15, 0.2) is 0 Å². The van der Waals surface area contributed by atoms with Gasteiger partial charge < -0.3 is 10.2 Å². The first kappa shape index (κ1) is 17.7. The summed E-state index contributed by atoms with van der Waals surface area (Å²) in [5.74, 6) is 0.0571. The summed E-state index contributed by atoms with van der Waals surface area (Å²) in [6, 6.07) is 7.97. The summed E-state index contributed by atoms with van der Waals surface area (Å²) in [6.45, 7) is 3.75. The quantitative estimate of drug-likeness (QED) is 0.850. The van der Waals surface area contributed by atoms with E-state index in [1.807, 2.05) is 18.2 Å². The first-order valence-corrected chi connectivity index (χ1v) is 9.70. The average Bonchev–Trinajstić information content (AvgIpc) is 2.52. The number of nitrogens with one attached hydrogen (secondary N) is 1. The van der Waals surface area contributed by atoms with Gasteiger partial charge in [-0.1, -0.05) is 31.2 Å². The van der Waals surface area contributed by atoms with Crippen LogP contribution in [0.1, 0.15) is 30.9 Å². The van der Waals surface area contributed by atoms with Crippen molar-refractivity contribution in [1.29, 1.82) is 0 Å². The van der Waals surface area contributed by atoms with Crippen molar-refractivity contribution in [2.75, 3.05) is 18.8 Å². The molecule has 1 heterocycles. The highest BCUT2D eigenvalue weighted by atomic mass is 32.2. The topological polar surface area (TPSA) is 92.5 Å². The number of urea groups is 1. The van der Waals surface area contributed by atoms with E-state index in [1.54, 1.807) is 4.90 Å². The van der Waals surface area contributed by atoms with Crippen molar-refractivity contribution in [3.8, 4) is 0 Å². The number of benzene rings is 1. The van der Waals surface area contributed by atoms with Crippen LogP contribution in [-0.2, 0) is 23.0 Å². The minimum Gasteiger partial charge on any atom is -0.334 e. The van der Waals surface area contributed by atoms with E-state index in [-0.39, 0.29) is 17.7 Å². The van der Waals surface area contributed by atoms with E-state index >= 15 is 0 Å². The maximum Gasteiger partial charge on any atom is 0.317 e. The lowest BCUT2D eigenvalue weighted by molar-refractivity contribution is 0.174. The van der Waals surface area contributed by atoms with Crippen LogP contribution in [-0.4, -0.2) is 38.2 Å². The Labute approximate surface area is 138 Å². The standard InChI is InChI=1S/C16H25N3O3S/c1-2-14-5-3-4-6-15(14)11-18-16(20)19-9-7-13(8-10-19)12-23(17,21)22/h3-6,13H,2,7-12H2,1H3,(H,18,20)(H2,17,21,22). The molecule has 23 heavy (non-hydrogen) atoms. The van der Waals surface area contributed by atoms with Crippen molar-refractivity contribution in [2.45, 2.75) is 32.7 Å². The van der Waals surface area contributed by atoms with E-state index in [4.69, 9.17) is 5.14 Å². The molecule has 3 N–H and O–H groups in total. The maximum absolute atomic E-state index is 12.2. The fourth-order valence-corrected chi connectivity index (χ4v) is 3.98. The molecule has 2 amide bonds. The predicted octanol–water partition coefficient (Wildman–Crippen LogP) is 1.46. The van der Waals surface area contributed by atoms with Gasteiger partial charge in [-0.25, -0.2) is 18.4 Å². The molecule has 1 aliphatic heterocycles. The van der Waals surface area contributed by atoms with Crippen molar-refractivity contribution >= 4 is 16.1 Å². The van der Waals surface area contributed by atoms with Crippen LogP contribution in [0.25, 0.3) is 0 Å². The number of sulfonamides is 1. The zero-order valence-electron chi connectivity index (χ0n) is 13.5. The van der Waals surface area contributed by atoms with Gasteiger partial charge >= 0.3 is 6.03 Å². The van der Waals surface area contributed by atoms with E-state index in [9.17, 15) is 13.2 Å². The smallest absolute Gasteiger partial charge is 0.317 e. The van der Waals surface area contributed by atoms with Crippen LogP contribution in [0.4, 0.5) is 4.79 Å². The van der Waals surface area contributed by atoms with Crippen LogP contribution >= 0.6 is 0 Å². The third-order valence-electron chi connectivity index (χ3n) is 4.30. The number of primary sulfonamides is 1. The number of piperidine rings is 1. The lowest BCUT2D eigenvalue weighted by Crippen LogP contribution is -2.45. The van der Waals surface area contributed by atoms with E-state index in [0.29, 0.717) is 32.5 Å². The maximum atomic E-state index is 12.2. The Balaban J connectivity index is 1.81. The van der Waals surface area contributed by atoms with Gasteiger partial charge in [0.1, 0.15) is 0 Å². The van der Waals surface area contributed by atoms with Crippen LogP contribution in [0.3, 0.4) is 0 Å². The largest absolute Gasteiger partial charge is 0.334 e. The summed E-state index contributed by atoms with van der Waals surface area (Å²) in [7, 11) is -3.43. The summed E-state index contributed by atoms with van der Waals surface area (Å²) in [5, 5.41) is 8.03. The predicted molar refractivity (Wildman–Crippen MR) is 90.3 cm³/mol. The number of nitrogens with zero attached hydrogens (tertiary/aromatic N) is 1. The normalized spacial score (nSPS) is 16.3. The van der Waals surface area contributed by atoms with E-state index < -0.39 is 10.0 Å². The molecule has 0 unspecified atom stereocenters. The number of nitrogens with two attached hydrogens (primary N) is 1. The van der Waals surface area contributed by atoms with Crippen molar-refractivity contribution in [1.82, 2.24) is 10.2 Å². The third-order valence-corrected chi connectivity index (χ3v) is 5.24. The lowest BCUT2D eigenvalue weighted by Gasteiger charge is -2.31. The van der Waals surface area contributed by atoms with E-state index in [2.05, 4.69) is 18.3 Å². The Morgan fingerprint density at radius 2 is 1.87 bits per heavy atom. The summed E-state index contributed by atoms with van der Waals surface area (Å²) >= 11 is 0. The van der Waals surface area contributed by atoms with Crippen molar-refractivity contribution in [2.24, 2.45) is 11.1 Å². The number of amides is 2. The van der Waals surface area contributed by atoms with Gasteiger partial charge in [-0.2, -0.15) is 0 Å². The number of carbonyl (C=O) groups is 1. The summed E-state index contributed by atoms with van der Waals surface area (Å²) in [4.78, 5) is 14.0. The minimum absolute atomic E-state index is 0.00628. The number of carbonyl (C=O) groups excluding carboxylic acids is 1. The Kier molecular flexibility index (Phi) is 6.01. The Morgan fingerprint density at radius 3 is 2.43 bits per heavy atom.